The molecule has 0 spiro atoms. The van der Waals surface area contributed by atoms with Gasteiger partial charge >= 0.3 is 0 Å². The molecule has 21 heavy (non-hydrogen) atoms. The van der Waals surface area contributed by atoms with Gasteiger partial charge in [0.15, 0.2) is 0 Å². The highest BCUT2D eigenvalue weighted by Gasteiger charge is 2.20. The number of nitrogen functional groups attached to an aromatic ring is 1. The molecule has 2 heterocycles. The lowest BCUT2D eigenvalue weighted by Crippen LogP contribution is -2.09. The molecule has 0 aliphatic heterocycles. The highest BCUT2D eigenvalue weighted by Crippen LogP contribution is 2.33. The van der Waals surface area contributed by atoms with E-state index >= 15 is 0 Å². The molecule has 0 bridgehead atoms. The minimum Gasteiger partial charge on any atom is -0.399 e. The van der Waals surface area contributed by atoms with Crippen LogP contribution < -0.4 is 5.73 Å². The van der Waals surface area contributed by atoms with Crippen molar-refractivity contribution < 1.29 is 0 Å². The molecule has 4 heteroatoms. The first-order chi connectivity index (χ1) is 10.2. The predicted octanol–water partition coefficient (Wildman–Crippen LogP) is 3.92. The molecule has 2 aromatic heterocycles. The predicted molar refractivity (Wildman–Crippen MR) is 88.9 cm³/mol. The molecule has 0 radical (unpaired) electrons. The van der Waals surface area contributed by atoms with Gasteiger partial charge < -0.3 is 10.3 Å². The minimum absolute atomic E-state index is 0.859. The quantitative estimate of drug-likeness (QED) is 0.729. The Kier molecular flexibility index (Phi) is 3.00. The van der Waals surface area contributed by atoms with E-state index in [4.69, 9.17) is 5.73 Å². The number of fused-ring (bicyclic) bond motifs is 3. The number of benzene rings is 1. The van der Waals surface area contributed by atoms with Crippen molar-refractivity contribution in [1.29, 1.82) is 0 Å². The first-order valence-electron chi connectivity index (χ1n) is 7.53. The summed E-state index contributed by atoms with van der Waals surface area (Å²) in [6, 6.07) is 6.32. The Bertz CT molecular complexity index is 813. The largest absolute Gasteiger partial charge is 0.399 e. The van der Waals surface area contributed by atoms with Gasteiger partial charge in [0, 0.05) is 27.7 Å². The summed E-state index contributed by atoms with van der Waals surface area (Å²) in [5.74, 6) is 0. The van der Waals surface area contributed by atoms with Gasteiger partial charge in [-0.1, -0.05) is 0 Å². The molecule has 3 nitrogen and oxygen atoms in total. The second kappa shape index (κ2) is 4.88. The van der Waals surface area contributed by atoms with Crippen LogP contribution in [0.1, 0.15) is 34.8 Å². The van der Waals surface area contributed by atoms with Gasteiger partial charge in [-0.3, -0.25) is 0 Å². The van der Waals surface area contributed by atoms with Gasteiger partial charge in [0.2, 0.25) is 0 Å². The van der Waals surface area contributed by atoms with Crippen LogP contribution in [0.4, 0.5) is 5.69 Å². The lowest BCUT2D eigenvalue weighted by molar-refractivity contribution is 0.635. The fourth-order valence-electron chi connectivity index (χ4n) is 3.48. The topological polar surface area (TPSA) is 43.8 Å². The minimum atomic E-state index is 0.859. The summed E-state index contributed by atoms with van der Waals surface area (Å²) in [5.41, 5.74) is 12.3. The second-order valence-corrected chi connectivity index (χ2v) is 6.92. The number of nitrogens with two attached hydrogens (primary N) is 1. The Morgan fingerprint density at radius 3 is 2.95 bits per heavy atom. The van der Waals surface area contributed by atoms with Crippen molar-refractivity contribution in [3.8, 4) is 0 Å². The summed E-state index contributed by atoms with van der Waals surface area (Å²) in [4.78, 5) is 4.63. The summed E-state index contributed by atoms with van der Waals surface area (Å²) in [5, 5.41) is 4.66. The Labute approximate surface area is 128 Å². The van der Waals surface area contributed by atoms with Gasteiger partial charge in [0.1, 0.15) is 0 Å². The van der Waals surface area contributed by atoms with Gasteiger partial charge in [-0.25, -0.2) is 4.98 Å². The van der Waals surface area contributed by atoms with Gasteiger partial charge in [-0.2, -0.15) is 0 Å². The molecule has 0 saturated heterocycles. The molecular weight excluding hydrogens is 278 g/mol. The average molecular weight is 297 g/mol. The Hall–Kier alpha value is -1.81. The first kappa shape index (κ1) is 12.9. The van der Waals surface area contributed by atoms with Gasteiger partial charge in [0.25, 0.3) is 0 Å². The van der Waals surface area contributed by atoms with Crippen molar-refractivity contribution in [2.24, 2.45) is 0 Å². The Morgan fingerprint density at radius 2 is 2.14 bits per heavy atom. The van der Waals surface area contributed by atoms with E-state index in [9.17, 15) is 0 Å². The third kappa shape index (κ3) is 2.14. The van der Waals surface area contributed by atoms with Crippen LogP contribution >= 0.6 is 11.3 Å². The number of hydrogen-bond acceptors (Lipinski definition) is 3. The third-order valence-electron chi connectivity index (χ3n) is 4.39. The Morgan fingerprint density at radius 1 is 1.29 bits per heavy atom. The molecule has 108 valence electrons. The number of hydrogen-bond donors (Lipinski definition) is 1. The van der Waals surface area contributed by atoms with E-state index in [2.05, 4.69) is 34.0 Å². The molecular formula is C17H19N3S. The van der Waals surface area contributed by atoms with Crippen molar-refractivity contribution in [3.63, 3.8) is 0 Å². The normalized spacial score (nSPS) is 14.5. The lowest BCUT2D eigenvalue weighted by Gasteiger charge is -2.15. The zero-order valence-electron chi connectivity index (χ0n) is 12.2. The van der Waals surface area contributed by atoms with Crippen LogP contribution in [0.25, 0.3) is 10.9 Å². The summed E-state index contributed by atoms with van der Waals surface area (Å²) >= 11 is 1.73. The standard InChI is InChI=1S/C17H19N3S/c1-11-19-13(10-21-11)9-20-16-5-3-2-4-14(16)15-8-12(18)6-7-17(15)20/h6-8,10H,2-5,9,18H2,1H3. The van der Waals surface area contributed by atoms with Gasteiger partial charge in [0.05, 0.1) is 17.2 Å². The molecule has 0 fully saturated rings. The smallest absolute Gasteiger partial charge is 0.0898 e. The summed E-state index contributed by atoms with van der Waals surface area (Å²) in [6.07, 6.45) is 4.93. The molecule has 3 aromatic rings. The van der Waals surface area contributed by atoms with Crippen LogP contribution in [0.5, 0.6) is 0 Å². The van der Waals surface area contributed by atoms with E-state index in [-0.39, 0.29) is 0 Å². The number of thiazole rings is 1. The van der Waals surface area contributed by atoms with Crippen molar-refractivity contribution in [1.82, 2.24) is 9.55 Å². The van der Waals surface area contributed by atoms with Crippen molar-refractivity contribution >= 4 is 27.9 Å². The summed E-state index contributed by atoms with van der Waals surface area (Å²) in [7, 11) is 0. The second-order valence-electron chi connectivity index (χ2n) is 5.85. The fourth-order valence-corrected chi connectivity index (χ4v) is 4.08. The van der Waals surface area contributed by atoms with Crippen LogP contribution in [0.3, 0.4) is 0 Å². The van der Waals surface area contributed by atoms with E-state index in [0.717, 1.165) is 17.2 Å². The van der Waals surface area contributed by atoms with Crippen molar-refractivity contribution in [2.45, 2.75) is 39.2 Å². The number of nitrogens with zero attached hydrogens (tertiary/aromatic N) is 2. The zero-order valence-corrected chi connectivity index (χ0v) is 13.0. The number of rotatable bonds is 2. The van der Waals surface area contributed by atoms with Crippen molar-refractivity contribution in [3.05, 3.63) is 45.5 Å². The number of aryl methyl sites for hydroxylation is 2. The van der Waals surface area contributed by atoms with Crippen LogP contribution in [-0.2, 0) is 19.4 Å². The van der Waals surface area contributed by atoms with E-state index in [1.165, 1.54) is 53.5 Å². The molecule has 2 N–H and O–H groups in total. The van der Waals surface area contributed by atoms with Crippen LogP contribution in [0.15, 0.2) is 23.6 Å². The highest BCUT2D eigenvalue weighted by atomic mass is 32.1. The third-order valence-corrected chi connectivity index (χ3v) is 5.21. The molecule has 1 aliphatic rings. The molecule has 0 saturated carbocycles. The van der Waals surface area contributed by atoms with Crippen LogP contribution in [0.2, 0.25) is 0 Å². The van der Waals surface area contributed by atoms with Gasteiger partial charge in [-0.05, 0) is 56.4 Å². The monoisotopic (exact) mass is 297 g/mol. The SMILES string of the molecule is Cc1nc(Cn2c3c(c4cc(N)ccc42)CCCC3)cs1. The fraction of sp³-hybridized carbons (Fsp3) is 0.353. The molecule has 0 atom stereocenters. The maximum Gasteiger partial charge on any atom is 0.0898 e. The average Bonchev–Trinajstić information content (AvgIpc) is 3.02. The van der Waals surface area contributed by atoms with E-state index < -0.39 is 0 Å². The molecule has 0 unspecified atom stereocenters. The molecule has 4 rings (SSSR count). The molecule has 1 aromatic carbocycles. The first-order valence-corrected chi connectivity index (χ1v) is 8.41. The van der Waals surface area contributed by atoms with E-state index in [1.807, 2.05) is 6.07 Å². The summed E-state index contributed by atoms with van der Waals surface area (Å²) < 4.78 is 2.46. The van der Waals surface area contributed by atoms with Crippen LogP contribution in [0, 0.1) is 6.92 Å². The van der Waals surface area contributed by atoms with Crippen LogP contribution in [-0.4, -0.2) is 9.55 Å². The molecule has 1 aliphatic carbocycles. The van der Waals surface area contributed by atoms with E-state index in [0.29, 0.717) is 0 Å². The maximum atomic E-state index is 6.00. The zero-order chi connectivity index (χ0) is 14.4. The number of aromatic nitrogens is 2. The molecule has 0 amide bonds. The van der Waals surface area contributed by atoms with Crippen molar-refractivity contribution in [2.75, 3.05) is 5.73 Å². The highest BCUT2D eigenvalue weighted by molar-refractivity contribution is 7.09. The number of anilines is 1. The Balaban J connectivity index is 1.90. The summed E-state index contributed by atoms with van der Waals surface area (Å²) in [6.45, 7) is 2.94. The van der Waals surface area contributed by atoms with E-state index in [1.54, 1.807) is 11.3 Å². The lowest BCUT2D eigenvalue weighted by atomic mass is 9.95. The maximum absolute atomic E-state index is 6.00. The van der Waals surface area contributed by atoms with Gasteiger partial charge in [-0.15, -0.1) is 11.3 Å².